The lowest BCUT2D eigenvalue weighted by Gasteiger charge is -2.47. The molecule has 0 bridgehead atoms. The van der Waals surface area contributed by atoms with Crippen molar-refractivity contribution < 1.29 is 14.3 Å². The Bertz CT molecular complexity index is 907. The highest BCUT2D eigenvalue weighted by Crippen LogP contribution is 2.42. The molecule has 5 heteroatoms. The van der Waals surface area contributed by atoms with Gasteiger partial charge in [-0.15, -0.1) is 0 Å². The fourth-order valence-corrected chi connectivity index (χ4v) is 5.10. The number of aldehydes is 1. The van der Waals surface area contributed by atoms with Crippen molar-refractivity contribution in [3.63, 3.8) is 0 Å². The van der Waals surface area contributed by atoms with E-state index in [9.17, 15) is 9.59 Å². The summed E-state index contributed by atoms with van der Waals surface area (Å²) in [5.41, 5.74) is 3.31. The van der Waals surface area contributed by atoms with E-state index in [2.05, 4.69) is 23.1 Å². The maximum atomic E-state index is 12.9. The van der Waals surface area contributed by atoms with Gasteiger partial charge in [0.25, 0.3) is 5.91 Å². The molecule has 0 atom stereocenters. The minimum absolute atomic E-state index is 0.113. The zero-order valence-corrected chi connectivity index (χ0v) is 19.1. The number of hydrogen-bond acceptors (Lipinski definition) is 4. The predicted octanol–water partition coefficient (Wildman–Crippen LogP) is 4.35. The van der Waals surface area contributed by atoms with Crippen molar-refractivity contribution in [2.24, 2.45) is 5.41 Å². The van der Waals surface area contributed by atoms with Crippen LogP contribution in [-0.4, -0.2) is 54.8 Å². The fraction of sp³-hybridized carbons (Fsp3) is 0.481. The van der Waals surface area contributed by atoms with Gasteiger partial charge in [-0.3, -0.25) is 9.69 Å². The molecule has 32 heavy (non-hydrogen) atoms. The second-order valence-electron chi connectivity index (χ2n) is 9.18. The molecule has 4 rings (SSSR count). The Kier molecular flexibility index (Phi) is 7.26. The highest BCUT2D eigenvalue weighted by atomic mass is 16.5. The average Bonchev–Trinajstić information content (AvgIpc) is 2.83. The van der Waals surface area contributed by atoms with Crippen LogP contribution >= 0.6 is 0 Å². The minimum Gasteiger partial charge on any atom is -0.494 e. The zero-order valence-electron chi connectivity index (χ0n) is 19.1. The third kappa shape index (κ3) is 5.21. The summed E-state index contributed by atoms with van der Waals surface area (Å²) in [7, 11) is 0. The lowest BCUT2D eigenvalue weighted by Crippen LogP contribution is -2.48. The third-order valence-electron chi connectivity index (χ3n) is 7.21. The highest BCUT2D eigenvalue weighted by molar-refractivity contribution is 5.94. The van der Waals surface area contributed by atoms with Crippen LogP contribution in [0.25, 0.3) is 0 Å². The molecule has 0 aliphatic carbocycles. The van der Waals surface area contributed by atoms with Crippen LogP contribution in [0.2, 0.25) is 0 Å². The van der Waals surface area contributed by atoms with E-state index in [1.807, 2.05) is 42.2 Å². The molecule has 0 aromatic heterocycles. The first kappa shape index (κ1) is 22.5. The van der Waals surface area contributed by atoms with Gasteiger partial charge in [0.2, 0.25) is 0 Å². The summed E-state index contributed by atoms with van der Waals surface area (Å²) in [5, 5.41) is 0. The lowest BCUT2D eigenvalue weighted by molar-refractivity contribution is -0.107. The number of nitrogens with zero attached hydrogens (tertiary/aromatic N) is 2. The van der Waals surface area contributed by atoms with E-state index in [-0.39, 0.29) is 5.91 Å². The number of benzene rings is 2. The Labute approximate surface area is 191 Å². The molecule has 0 radical (unpaired) electrons. The molecular weight excluding hydrogens is 400 g/mol. The molecule has 2 aromatic rings. The SMILES string of the molecule is CCOc1ccccc1CN1CCC2(CC1)CCN(C(=O)c1ccc(CC=O)cc1)CC2. The predicted molar refractivity (Wildman–Crippen MR) is 126 cm³/mol. The Hall–Kier alpha value is -2.66. The molecule has 2 heterocycles. The van der Waals surface area contributed by atoms with Crippen LogP contribution in [0, 0.1) is 5.41 Å². The van der Waals surface area contributed by atoms with Gasteiger partial charge in [0, 0.05) is 37.2 Å². The lowest BCUT2D eigenvalue weighted by atomic mass is 9.71. The van der Waals surface area contributed by atoms with E-state index in [0.29, 0.717) is 18.4 Å². The number of ether oxygens (including phenoxy) is 1. The molecule has 2 aliphatic heterocycles. The smallest absolute Gasteiger partial charge is 0.253 e. The zero-order chi connectivity index (χ0) is 22.4. The van der Waals surface area contributed by atoms with Gasteiger partial charge in [-0.05, 0) is 74.9 Å². The first-order valence-electron chi connectivity index (χ1n) is 11.9. The van der Waals surface area contributed by atoms with Crippen LogP contribution in [0.4, 0.5) is 0 Å². The Morgan fingerprint density at radius 3 is 2.28 bits per heavy atom. The fourth-order valence-electron chi connectivity index (χ4n) is 5.10. The summed E-state index contributed by atoms with van der Waals surface area (Å²) in [6, 6.07) is 15.8. The molecule has 1 spiro atoms. The van der Waals surface area contributed by atoms with E-state index in [1.54, 1.807) is 0 Å². The van der Waals surface area contributed by atoms with Crippen LogP contribution in [0.15, 0.2) is 48.5 Å². The van der Waals surface area contributed by atoms with Crippen LogP contribution in [0.1, 0.15) is 54.1 Å². The first-order valence-corrected chi connectivity index (χ1v) is 11.9. The average molecular weight is 435 g/mol. The van der Waals surface area contributed by atoms with Crippen LogP contribution in [0.5, 0.6) is 5.75 Å². The highest BCUT2D eigenvalue weighted by Gasteiger charge is 2.38. The number of carbonyl (C=O) groups excluding carboxylic acids is 2. The molecule has 2 fully saturated rings. The van der Waals surface area contributed by atoms with Crippen molar-refractivity contribution >= 4 is 12.2 Å². The third-order valence-corrected chi connectivity index (χ3v) is 7.21. The summed E-state index contributed by atoms with van der Waals surface area (Å²) in [6.07, 6.45) is 5.87. The molecule has 0 unspecified atom stereocenters. The normalized spacial score (nSPS) is 18.5. The van der Waals surface area contributed by atoms with Crippen LogP contribution in [-0.2, 0) is 17.8 Å². The molecule has 2 aromatic carbocycles. The van der Waals surface area contributed by atoms with Gasteiger partial charge in [-0.25, -0.2) is 0 Å². The monoisotopic (exact) mass is 434 g/mol. The van der Waals surface area contributed by atoms with Crippen molar-refractivity contribution in [2.45, 2.75) is 45.6 Å². The number of likely N-dealkylation sites (tertiary alicyclic amines) is 2. The van der Waals surface area contributed by atoms with Crippen molar-refractivity contribution in [3.8, 4) is 5.75 Å². The summed E-state index contributed by atoms with van der Waals surface area (Å²) in [4.78, 5) is 28.1. The summed E-state index contributed by atoms with van der Waals surface area (Å²) in [5.74, 6) is 1.11. The second-order valence-corrected chi connectivity index (χ2v) is 9.18. The molecule has 5 nitrogen and oxygen atoms in total. The van der Waals surface area contributed by atoms with Crippen LogP contribution in [0.3, 0.4) is 0 Å². The van der Waals surface area contributed by atoms with Crippen molar-refractivity contribution in [1.82, 2.24) is 9.80 Å². The number of para-hydroxylation sites is 1. The largest absolute Gasteiger partial charge is 0.494 e. The minimum atomic E-state index is 0.113. The van der Waals surface area contributed by atoms with E-state index in [1.165, 1.54) is 18.4 Å². The van der Waals surface area contributed by atoms with E-state index in [0.717, 1.165) is 68.7 Å². The van der Waals surface area contributed by atoms with E-state index in [4.69, 9.17) is 4.74 Å². The maximum absolute atomic E-state index is 12.9. The van der Waals surface area contributed by atoms with Crippen molar-refractivity contribution in [2.75, 3.05) is 32.8 Å². The molecule has 0 N–H and O–H groups in total. The molecule has 2 saturated heterocycles. The molecular formula is C27H34N2O3. The van der Waals surface area contributed by atoms with Gasteiger partial charge in [0.1, 0.15) is 12.0 Å². The van der Waals surface area contributed by atoms with Gasteiger partial charge in [0.15, 0.2) is 0 Å². The summed E-state index contributed by atoms with van der Waals surface area (Å²) in [6.45, 7) is 7.54. The molecule has 170 valence electrons. The number of carbonyl (C=O) groups is 2. The van der Waals surface area contributed by atoms with E-state index >= 15 is 0 Å². The van der Waals surface area contributed by atoms with Crippen LogP contribution < -0.4 is 4.74 Å². The number of piperidine rings is 2. The standard InChI is InChI=1S/C27H34N2O3/c1-2-32-25-6-4-3-5-24(25)21-28-16-12-27(13-17-28)14-18-29(19-15-27)26(31)23-9-7-22(8-10-23)11-20-30/h3-10,20H,2,11-19,21H2,1H3. The van der Waals surface area contributed by atoms with Gasteiger partial charge in [-0.1, -0.05) is 30.3 Å². The van der Waals surface area contributed by atoms with Crippen molar-refractivity contribution in [1.29, 1.82) is 0 Å². The van der Waals surface area contributed by atoms with E-state index < -0.39 is 0 Å². The maximum Gasteiger partial charge on any atom is 0.253 e. The van der Waals surface area contributed by atoms with Gasteiger partial charge < -0.3 is 14.4 Å². The summed E-state index contributed by atoms with van der Waals surface area (Å²) >= 11 is 0. The van der Waals surface area contributed by atoms with Crippen molar-refractivity contribution in [3.05, 3.63) is 65.2 Å². The Morgan fingerprint density at radius 1 is 0.969 bits per heavy atom. The van der Waals surface area contributed by atoms with Gasteiger partial charge >= 0.3 is 0 Å². The molecule has 2 aliphatic rings. The molecule has 0 saturated carbocycles. The number of rotatable bonds is 7. The topological polar surface area (TPSA) is 49.9 Å². The van der Waals surface area contributed by atoms with Gasteiger partial charge in [0.05, 0.1) is 6.61 Å². The molecule has 1 amide bonds. The number of amides is 1. The summed E-state index contributed by atoms with van der Waals surface area (Å²) < 4.78 is 5.80. The second kappa shape index (κ2) is 10.3. The first-order chi connectivity index (χ1) is 15.6. The Morgan fingerprint density at radius 2 is 1.62 bits per heavy atom. The Balaban J connectivity index is 1.28. The van der Waals surface area contributed by atoms with Gasteiger partial charge in [-0.2, -0.15) is 0 Å². The quantitative estimate of drug-likeness (QED) is 0.608. The number of hydrogen-bond donors (Lipinski definition) is 0.